The first kappa shape index (κ1) is 21.4. The van der Waals surface area contributed by atoms with Gasteiger partial charge in [0.05, 0.1) is 31.0 Å². The maximum Gasteiger partial charge on any atom is 0.330 e. The number of methoxy groups -OCH3 is 1. The summed E-state index contributed by atoms with van der Waals surface area (Å²) in [6, 6.07) is -1.19. The van der Waals surface area contributed by atoms with E-state index in [0.29, 0.717) is 19.1 Å². The highest BCUT2D eigenvalue weighted by atomic mass is 32.1. The Morgan fingerprint density at radius 3 is 2.68 bits per heavy atom. The molecule has 1 aromatic heterocycles. The summed E-state index contributed by atoms with van der Waals surface area (Å²) in [4.78, 5) is 30.2. The van der Waals surface area contributed by atoms with Crippen molar-refractivity contribution in [3.63, 3.8) is 0 Å². The van der Waals surface area contributed by atoms with Crippen molar-refractivity contribution in [2.24, 2.45) is 0 Å². The summed E-state index contributed by atoms with van der Waals surface area (Å²) in [5.74, 6) is -0.157. The van der Waals surface area contributed by atoms with Gasteiger partial charge in [0.25, 0.3) is 0 Å². The van der Waals surface area contributed by atoms with Gasteiger partial charge in [-0.1, -0.05) is 27.2 Å². The minimum atomic E-state index is -0.821. The third-order valence-corrected chi connectivity index (χ3v) is 4.71. The van der Waals surface area contributed by atoms with Crippen molar-refractivity contribution in [1.82, 2.24) is 15.2 Å². The second-order valence-corrected chi connectivity index (χ2v) is 7.03. The fourth-order valence-corrected chi connectivity index (χ4v) is 2.82. The molecule has 25 heavy (non-hydrogen) atoms. The number of nitrogens with zero attached hydrogens (tertiary/aromatic N) is 2. The number of esters is 1. The van der Waals surface area contributed by atoms with Crippen molar-refractivity contribution in [3.05, 3.63) is 16.1 Å². The second-order valence-electron chi connectivity index (χ2n) is 6.14. The van der Waals surface area contributed by atoms with Gasteiger partial charge in [-0.05, 0) is 6.42 Å². The minimum absolute atomic E-state index is 0.0977. The molecule has 8 heteroatoms. The summed E-state index contributed by atoms with van der Waals surface area (Å²) in [5.41, 5.74) is 0.833. The fourth-order valence-electron chi connectivity index (χ4n) is 1.99. The number of ether oxygens (including phenoxy) is 2. The summed E-state index contributed by atoms with van der Waals surface area (Å²) in [5, 5.41) is 5.65. The number of unbranched alkanes of at least 4 members (excludes halogenated alkanes) is 1. The quantitative estimate of drug-likeness (QED) is 0.505. The van der Waals surface area contributed by atoms with E-state index in [1.165, 1.54) is 12.0 Å². The van der Waals surface area contributed by atoms with E-state index >= 15 is 0 Å². The van der Waals surface area contributed by atoms with Gasteiger partial charge in [-0.15, -0.1) is 11.3 Å². The topological polar surface area (TPSA) is 80.8 Å². The summed E-state index contributed by atoms with van der Waals surface area (Å²) in [6.07, 6.45) is 1.91. The average molecular weight is 372 g/mol. The Morgan fingerprint density at radius 1 is 1.40 bits per heavy atom. The van der Waals surface area contributed by atoms with Gasteiger partial charge in [-0.25, -0.2) is 14.6 Å². The van der Waals surface area contributed by atoms with Crippen LogP contribution in [0.3, 0.4) is 0 Å². The van der Waals surface area contributed by atoms with Crippen LogP contribution in [0.1, 0.15) is 50.2 Å². The number of carbonyl (C=O) groups excluding carboxylic acids is 2. The lowest BCUT2D eigenvalue weighted by molar-refractivity contribution is -0.144. The van der Waals surface area contributed by atoms with Gasteiger partial charge < -0.3 is 19.7 Å². The molecule has 0 aliphatic rings. The lowest BCUT2D eigenvalue weighted by atomic mass is 10.2. The van der Waals surface area contributed by atoms with Crippen molar-refractivity contribution in [3.8, 4) is 0 Å². The number of thiazole rings is 1. The first-order chi connectivity index (χ1) is 11.9. The normalized spacial score (nSPS) is 12.1. The molecule has 0 aliphatic carbocycles. The van der Waals surface area contributed by atoms with Crippen LogP contribution in [0, 0.1) is 0 Å². The van der Waals surface area contributed by atoms with Crippen molar-refractivity contribution >= 4 is 23.3 Å². The zero-order valence-corrected chi connectivity index (χ0v) is 16.5. The first-order valence-electron chi connectivity index (χ1n) is 8.50. The van der Waals surface area contributed by atoms with Gasteiger partial charge in [0.2, 0.25) is 0 Å². The Hall–Kier alpha value is -1.67. The number of hydrogen-bond acceptors (Lipinski definition) is 6. The molecule has 142 valence electrons. The minimum Gasteiger partial charge on any atom is -0.467 e. The molecule has 0 spiro atoms. The fraction of sp³-hybridized carbons (Fsp3) is 0.706. The molecule has 0 unspecified atom stereocenters. The number of carbonyl (C=O) groups is 2. The summed E-state index contributed by atoms with van der Waals surface area (Å²) in [7, 11) is 2.95. The largest absolute Gasteiger partial charge is 0.467 e. The highest BCUT2D eigenvalue weighted by Gasteiger charge is 2.23. The molecule has 2 amide bonds. The molecule has 0 fully saturated rings. The van der Waals surface area contributed by atoms with Gasteiger partial charge in [-0.2, -0.15) is 0 Å². The van der Waals surface area contributed by atoms with Gasteiger partial charge >= 0.3 is 12.0 Å². The smallest absolute Gasteiger partial charge is 0.330 e. The van der Waals surface area contributed by atoms with Gasteiger partial charge in [-0.3, -0.25) is 0 Å². The second kappa shape index (κ2) is 11.0. The zero-order valence-electron chi connectivity index (χ0n) is 15.7. The maximum atomic E-state index is 12.3. The van der Waals surface area contributed by atoms with Crippen molar-refractivity contribution in [1.29, 1.82) is 0 Å². The predicted molar refractivity (Wildman–Crippen MR) is 97.7 cm³/mol. The number of aromatic nitrogens is 1. The number of nitrogens with one attached hydrogen (secondary N) is 1. The van der Waals surface area contributed by atoms with Crippen LogP contribution in [-0.2, 0) is 20.8 Å². The van der Waals surface area contributed by atoms with Crippen molar-refractivity contribution in [2.45, 2.75) is 52.1 Å². The number of rotatable bonds is 10. The van der Waals surface area contributed by atoms with E-state index in [9.17, 15) is 9.59 Å². The predicted octanol–water partition coefficient (Wildman–Crippen LogP) is 2.77. The van der Waals surface area contributed by atoms with Crippen LogP contribution < -0.4 is 5.32 Å². The van der Waals surface area contributed by atoms with Crippen LogP contribution in [-0.4, -0.2) is 55.3 Å². The molecule has 0 bridgehead atoms. The molecule has 0 saturated heterocycles. The molecular formula is C17H29N3O4S. The van der Waals surface area contributed by atoms with Gasteiger partial charge in [0.1, 0.15) is 0 Å². The van der Waals surface area contributed by atoms with E-state index in [1.54, 1.807) is 18.4 Å². The molecule has 0 radical (unpaired) electrons. The maximum absolute atomic E-state index is 12.3. The number of amides is 2. The molecular weight excluding hydrogens is 342 g/mol. The van der Waals surface area contributed by atoms with E-state index in [-0.39, 0.29) is 12.6 Å². The highest BCUT2D eigenvalue weighted by molar-refractivity contribution is 7.09. The summed E-state index contributed by atoms with van der Waals surface area (Å²) in [6.45, 7) is 7.24. The third kappa shape index (κ3) is 7.39. The van der Waals surface area contributed by atoms with Crippen molar-refractivity contribution < 1.29 is 19.1 Å². The molecule has 0 saturated carbocycles. The first-order valence-corrected chi connectivity index (χ1v) is 9.38. The van der Waals surface area contributed by atoms with Gasteiger partial charge in [0, 0.05) is 25.0 Å². The highest BCUT2D eigenvalue weighted by Crippen LogP contribution is 2.19. The standard InChI is InChI=1S/C17H29N3O4S/c1-6-7-8-24-10-14(16(21)23-5)19-17(22)20(4)9-13-11-25-15(18-13)12(2)3/h11-12,14H,6-10H2,1-5H3,(H,19,22)/t14-/m0/s1. The summed E-state index contributed by atoms with van der Waals surface area (Å²) < 4.78 is 10.2. The Morgan fingerprint density at radius 2 is 2.12 bits per heavy atom. The van der Waals surface area contributed by atoms with Crippen LogP contribution in [0.4, 0.5) is 4.79 Å². The van der Waals surface area contributed by atoms with E-state index < -0.39 is 12.0 Å². The van der Waals surface area contributed by atoms with Gasteiger partial charge in [0.15, 0.2) is 6.04 Å². The van der Waals surface area contributed by atoms with E-state index in [0.717, 1.165) is 23.5 Å². The van der Waals surface area contributed by atoms with E-state index in [1.807, 2.05) is 5.38 Å². The van der Waals surface area contributed by atoms with Crippen LogP contribution >= 0.6 is 11.3 Å². The molecule has 0 aliphatic heterocycles. The summed E-state index contributed by atoms with van der Waals surface area (Å²) >= 11 is 1.59. The molecule has 1 aromatic rings. The Balaban J connectivity index is 2.56. The van der Waals surface area contributed by atoms with E-state index in [2.05, 4.69) is 31.1 Å². The molecule has 7 nitrogen and oxygen atoms in total. The van der Waals surface area contributed by atoms with Crippen LogP contribution in [0.25, 0.3) is 0 Å². The lowest BCUT2D eigenvalue weighted by Crippen LogP contribution is -2.49. The Kier molecular flexibility index (Phi) is 9.44. The lowest BCUT2D eigenvalue weighted by Gasteiger charge is -2.21. The number of hydrogen-bond donors (Lipinski definition) is 1. The van der Waals surface area contributed by atoms with E-state index in [4.69, 9.17) is 9.47 Å². The molecule has 0 aromatic carbocycles. The van der Waals surface area contributed by atoms with Crippen molar-refractivity contribution in [2.75, 3.05) is 27.4 Å². The van der Waals surface area contributed by atoms with Crippen LogP contribution in [0.2, 0.25) is 0 Å². The molecule has 1 N–H and O–H groups in total. The molecule has 1 atom stereocenters. The average Bonchev–Trinajstić information content (AvgIpc) is 3.05. The molecule has 1 heterocycles. The SMILES string of the molecule is CCCCOC[C@H](NC(=O)N(C)Cc1csc(C(C)C)n1)C(=O)OC. The Labute approximate surface area is 153 Å². The van der Waals surface area contributed by atoms with Crippen LogP contribution in [0.15, 0.2) is 5.38 Å². The van der Waals surface area contributed by atoms with Crippen LogP contribution in [0.5, 0.6) is 0 Å². The Bertz CT molecular complexity index is 548. The third-order valence-electron chi connectivity index (χ3n) is 3.52. The molecule has 1 rings (SSSR count). The zero-order chi connectivity index (χ0) is 18.8. The monoisotopic (exact) mass is 371 g/mol. The number of urea groups is 1.